The summed E-state index contributed by atoms with van der Waals surface area (Å²) >= 11 is 0. The summed E-state index contributed by atoms with van der Waals surface area (Å²) in [5.74, 6) is 2.82. The summed E-state index contributed by atoms with van der Waals surface area (Å²) in [7, 11) is 4.64. The number of Topliss-reactive ketones (excluding diaryl/α,β-unsaturated/α-hetero) is 1. The molecule has 0 radical (unpaired) electrons. The van der Waals surface area contributed by atoms with Crippen molar-refractivity contribution in [2.45, 2.75) is 20.0 Å². The zero-order valence-electron chi connectivity index (χ0n) is 20.1. The van der Waals surface area contributed by atoms with E-state index < -0.39 is 0 Å². The lowest BCUT2D eigenvalue weighted by Gasteiger charge is -2.30. The third-order valence-electron chi connectivity index (χ3n) is 6.10. The van der Waals surface area contributed by atoms with Gasteiger partial charge in [0.1, 0.15) is 18.2 Å². The molecule has 0 saturated carbocycles. The molecule has 0 spiro atoms. The van der Waals surface area contributed by atoms with Gasteiger partial charge in [-0.2, -0.15) is 0 Å². The minimum Gasteiger partial charge on any atom is -0.493 e. The Kier molecular flexibility index (Phi) is 6.05. The number of aromatic nitrogens is 1. The van der Waals surface area contributed by atoms with Gasteiger partial charge in [0.2, 0.25) is 11.5 Å². The zero-order chi connectivity index (χ0) is 24.5. The quantitative estimate of drug-likeness (QED) is 0.487. The molecule has 0 N–H and O–H groups in total. The summed E-state index contributed by atoms with van der Waals surface area (Å²) in [6.07, 6.45) is 3.46. The molecule has 3 aromatic rings. The van der Waals surface area contributed by atoms with E-state index in [4.69, 9.17) is 23.7 Å². The molecule has 1 aromatic heterocycles. The van der Waals surface area contributed by atoms with Crippen molar-refractivity contribution in [1.29, 1.82) is 0 Å². The number of pyridine rings is 1. The Labute approximate surface area is 203 Å². The number of ketones is 1. The number of allylic oxidation sites excluding steroid dienone is 1. The number of rotatable bonds is 6. The topological polar surface area (TPSA) is 79.4 Å². The first-order valence-corrected chi connectivity index (χ1v) is 11.2. The number of hydrogen-bond donors (Lipinski definition) is 0. The summed E-state index contributed by atoms with van der Waals surface area (Å²) in [4.78, 5) is 19.8. The Bertz CT molecular complexity index is 1290. The number of fused-ring (bicyclic) bond motifs is 2. The first-order valence-electron chi connectivity index (χ1n) is 11.2. The molecule has 5 rings (SSSR count). The van der Waals surface area contributed by atoms with Gasteiger partial charge in [0.25, 0.3) is 0 Å². The highest BCUT2D eigenvalue weighted by Gasteiger charge is 2.33. The van der Waals surface area contributed by atoms with Gasteiger partial charge in [0.15, 0.2) is 17.3 Å². The molecule has 3 heterocycles. The van der Waals surface area contributed by atoms with Crippen LogP contribution in [-0.4, -0.2) is 43.7 Å². The van der Waals surface area contributed by atoms with Crippen molar-refractivity contribution in [2.75, 3.05) is 28.1 Å². The molecule has 8 heteroatoms. The lowest BCUT2D eigenvalue weighted by molar-refractivity contribution is 0.0865. The predicted molar refractivity (Wildman–Crippen MR) is 129 cm³/mol. The van der Waals surface area contributed by atoms with Gasteiger partial charge in [-0.05, 0) is 48.9 Å². The van der Waals surface area contributed by atoms with Crippen molar-refractivity contribution in [3.63, 3.8) is 0 Å². The first kappa shape index (κ1) is 22.7. The smallest absolute Gasteiger partial charge is 0.231 e. The maximum absolute atomic E-state index is 13.3. The Morgan fingerprint density at radius 3 is 2.49 bits per heavy atom. The van der Waals surface area contributed by atoms with Crippen molar-refractivity contribution in [3.8, 4) is 28.7 Å². The van der Waals surface area contributed by atoms with Crippen LogP contribution in [0.2, 0.25) is 0 Å². The highest BCUT2D eigenvalue weighted by molar-refractivity contribution is 6.15. The SMILES string of the molecule is COc1cc(/C=C2\Oc3c(cc4c(c3C)OCN(Cc3ccccn3)C4)C2=O)cc(OC)c1OC. The molecule has 0 amide bonds. The highest BCUT2D eigenvalue weighted by atomic mass is 16.5. The maximum atomic E-state index is 13.3. The van der Waals surface area contributed by atoms with E-state index in [1.165, 1.54) is 0 Å². The lowest BCUT2D eigenvalue weighted by Crippen LogP contribution is -2.32. The minimum atomic E-state index is -0.179. The monoisotopic (exact) mass is 474 g/mol. The predicted octanol–water partition coefficient (Wildman–Crippen LogP) is 4.38. The van der Waals surface area contributed by atoms with Crippen LogP contribution >= 0.6 is 0 Å². The zero-order valence-corrected chi connectivity index (χ0v) is 20.1. The van der Waals surface area contributed by atoms with Crippen molar-refractivity contribution >= 4 is 11.9 Å². The highest BCUT2D eigenvalue weighted by Crippen LogP contribution is 2.44. The number of methoxy groups -OCH3 is 3. The van der Waals surface area contributed by atoms with E-state index in [0.717, 1.165) is 22.6 Å². The second-order valence-electron chi connectivity index (χ2n) is 8.35. The molecule has 0 fully saturated rings. The minimum absolute atomic E-state index is 0.179. The third-order valence-corrected chi connectivity index (χ3v) is 6.10. The van der Waals surface area contributed by atoms with Crippen molar-refractivity contribution in [2.24, 2.45) is 0 Å². The number of hydrogen-bond acceptors (Lipinski definition) is 8. The van der Waals surface area contributed by atoms with E-state index in [2.05, 4.69) is 9.88 Å². The van der Waals surface area contributed by atoms with Crippen LogP contribution in [-0.2, 0) is 13.1 Å². The molecule has 2 aliphatic heterocycles. The van der Waals surface area contributed by atoms with Crippen molar-refractivity contribution in [3.05, 3.63) is 76.3 Å². The van der Waals surface area contributed by atoms with E-state index in [1.54, 1.807) is 45.7 Å². The van der Waals surface area contributed by atoms with Gasteiger partial charge in [-0.25, -0.2) is 0 Å². The fourth-order valence-electron chi connectivity index (χ4n) is 4.45. The Morgan fingerprint density at radius 2 is 1.83 bits per heavy atom. The third kappa shape index (κ3) is 4.17. The van der Waals surface area contributed by atoms with E-state index in [-0.39, 0.29) is 11.5 Å². The summed E-state index contributed by atoms with van der Waals surface area (Å²) in [5, 5.41) is 0. The van der Waals surface area contributed by atoms with E-state index in [0.29, 0.717) is 53.9 Å². The van der Waals surface area contributed by atoms with Crippen LogP contribution < -0.4 is 23.7 Å². The summed E-state index contributed by atoms with van der Waals surface area (Å²) in [5.41, 5.74) is 3.96. The fraction of sp³-hybridized carbons (Fsp3) is 0.259. The van der Waals surface area contributed by atoms with Gasteiger partial charge in [0, 0.05) is 30.4 Å². The van der Waals surface area contributed by atoms with Crippen LogP contribution in [0.5, 0.6) is 28.7 Å². The second-order valence-corrected chi connectivity index (χ2v) is 8.35. The van der Waals surface area contributed by atoms with Crippen LogP contribution in [0, 0.1) is 6.92 Å². The van der Waals surface area contributed by atoms with Gasteiger partial charge in [0.05, 0.1) is 32.6 Å². The second kappa shape index (κ2) is 9.31. The van der Waals surface area contributed by atoms with Gasteiger partial charge in [-0.1, -0.05) is 6.07 Å². The molecule has 0 atom stereocenters. The number of carbonyl (C=O) groups excluding carboxylic acids is 1. The van der Waals surface area contributed by atoms with Crippen LogP contribution in [0.4, 0.5) is 0 Å². The van der Waals surface area contributed by atoms with Crippen molar-refractivity contribution < 1.29 is 28.5 Å². The van der Waals surface area contributed by atoms with Crippen LogP contribution in [0.15, 0.2) is 48.4 Å². The van der Waals surface area contributed by atoms with Crippen molar-refractivity contribution in [1.82, 2.24) is 9.88 Å². The molecule has 180 valence electrons. The average molecular weight is 475 g/mol. The van der Waals surface area contributed by atoms with Crippen LogP contribution in [0.25, 0.3) is 6.08 Å². The largest absolute Gasteiger partial charge is 0.493 e. The molecule has 0 saturated heterocycles. The molecule has 0 bridgehead atoms. The van der Waals surface area contributed by atoms with E-state index >= 15 is 0 Å². The summed E-state index contributed by atoms with van der Waals surface area (Å²) in [6, 6.07) is 11.3. The number of ether oxygens (including phenoxy) is 5. The molecule has 2 aromatic carbocycles. The Morgan fingerprint density at radius 1 is 1.06 bits per heavy atom. The van der Waals surface area contributed by atoms with Gasteiger partial charge < -0.3 is 23.7 Å². The number of benzene rings is 2. The van der Waals surface area contributed by atoms with Crippen LogP contribution in [0.3, 0.4) is 0 Å². The molecule has 2 aliphatic rings. The summed E-state index contributed by atoms with van der Waals surface area (Å²) in [6.45, 7) is 3.67. The summed E-state index contributed by atoms with van der Waals surface area (Å²) < 4.78 is 28.4. The molecule has 8 nitrogen and oxygen atoms in total. The van der Waals surface area contributed by atoms with Gasteiger partial charge >= 0.3 is 0 Å². The number of carbonyl (C=O) groups is 1. The Hall–Kier alpha value is -4.04. The fourth-order valence-corrected chi connectivity index (χ4v) is 4.45. The molecule has 0 aliphatic carbocycles. The first-order chi connectivity index (χ1) is 17.0. The number of nitrogens with zero attached hydrogens (tertiary/aromatic N) is 2. The standard InChI is InChI=1S/C27H26N2O6/c1-16-25-18(13-29(15-34-25)14-19-7-5-6-8-28-19)12-20-24(30)21(35-26(16)20)9-17-10-22(31-2)27(33-4)23(11-17)32-3/h5-12H,13-15H2,1-4H3/b21-9-. The maximum Gasteiger partial charge on any atom is 0.231 e. The average Bonchev–Trinajstić information content (AvgIpc) is 3.19. The van der Waals surface area contributed by atoms with Gasteiger partial charge in [-0.15, -0.1) is 0 Å². The molecule has 0 unspecified atom stereocenters. The van der Waals surface area contributed by atoms with E-state index in [9.17, 15) is 4.79 Å². The molecule has 35 heavy (non-hydrogen) atoms. The lowest BCUT2D eigenvalue weighted by atomic mass is 10.00. The van der Waals surface area contributed by atoms with Gasteiger partial charge in [-0.3, -0.25) is 14.7 Å². The Balaban J connectivity index is 1.44. The van der Waals surface area contributed by atoms with Crippen LogP contribution in [0.1, 0.15) is 32.7 Å². The van der Waals surface area contributed by atoms with E-state index in [1.807, 2.05) is 31.2 Å². The molecular formula is C27H26N2O6. The molecular weight excluding hydrogens is 448 g/mol. The normalized spacial score (nSPS) is 15.8.